The Bertz CT molecular complexity index is 1450. The smallest absolute Gasteiger partial charge is 0.255 e. The molecule has 0 bridgehead atoms. The van der Waals surface area contributed by atoms with Crippen LogP contribution in [0.2, 0.25) is 0 Å². The van der Waals surface area contributed by atoms with E-state index in [2.05, 4.69) is 15.5 Å². The predicted octanol–water partition coefficient (Wildman–Crippen LogP) is 3.98. The van der Waals surface area contributed by atoms with Gasteiger partial charge in [-0.3, -0.25) is 14.4 Å². The number of rotatable bonds is 8. The van der Waals surface area contributed by atoms with Crippen LogP contribution in [-0.2, 0) is 11.2 Å². The molecule has 0 unspecified atom stereocenters. The quantitative estimate of drug-likeness (QED) is 0.367. The summed E-state index contributed by atoms with van der Waals surface area (Å²) < 4.78 is 19.0. The Morgan fingerprint density at radius 1 is 0.884 bits per heavy atom. The van der Waals surface area contributed by atoms with Gasteiger partial charge in [0.05, 0.1) is 24.9 Å². The lowest BCUT2D eigenvalue weighted by molar-refractivity contribution is -0.130. The highest BCUT2D eigenvalue weighted by Crippen LogP contribution is 2.30. The molecule has 43 heavy (non-hydrogen) atoms. The van der Waals surface area contributed by atoms with Crippen LogP contribution in [0.3, 0.4) is 0 Å². The number of nitrogens with one attached hydrogen (secondary N) is 2. The highest BCUT2D eigenvalue weighted by atomic mass is 19.1. The number of hydrogen-bond donors (Lipinski definition) is 3. The largest absolute Gasteiger partial charge is 0.497 e. The molecule has 9 nitrogen and oxygen atoms in total. The summed E-state index contributed by atoms with van der Waals surface area (Å²) >= 11 is 0. The van der Waals surface area contributed by atoms with E-state index in [1.807, 2.05) is 35.2 Å². The second-order valence-electron chi connectivity index (χ2n) is 11.2. The number of amides is 3. The third kappa shape index (κ3) is 7.70. The van der Waals surface area contributed by atoms with Gasteiger partial charge in [0.15, 0.2) is 0 Å². The molecule has 1 aliphatic heterocycles. The summed E-state index contributed by atoms with van der Waals surface area (Å²) in [5.74, 6) is -0.425. The number of ether oxygens (including phenoxy) is 1. The minimum absolute atomic E-state index is 0.0418. The Hall–Kier alpha value is -4.44. The monoisotopic (exact) mass is 587 g/mol. The molecule has 0 spiro atoms. The van der Waals surface area contributed by atoms with E-state index in [4.69, 9.17) is 10.5 Å². The first-order chi connectivity index (χ1) is 20.8. The van der Waals surface area contributed by atoms with Crippen LogP contribution in [0.15, 0.2) is 66.7 Å². The Labute approximate surface area is 251 Å². The maximum atomic E-state index is 13.8. The molecule has 3 aromatic carbocycles. The SMILES string of the molecule is COc1ccc(CC(=O)N2CCN(c3ccc(C(=O)NC4CCC(N)CC4)cc3NC(=O)c3cccc(F)c3)CC2)cc1. The summed E-state index contributed by atoms with van der Waals surface area (Å²) in [5.41, 5.74) is 8.70. The summed E-state index contributed by atoms with van der Waals surface area (Å²) in [4.78, 5) is 43.2. The van der Waals surface area contributed by atoms with Crippen molar-refractivity contribution in [3.63, 3.8) is 0 Å². The third-order valence-electron chi connectivity index (χ3n) is 8.19. The number of anilines is 2. The number of methoxy groups -OCH3 is 1. The van der Waals surface area contributed by atoms with E-state index < -0.39 is 11.7 Å². The van der Waals surface area contributed by atoms with E-state index in [0.29, 0.717) is 43.9 Å². The lowest BCUT2D eigenvalue weighted by Gasteiger charge is -2.37. The summed E-state index contributed by atoms with van der Waals surface area (Å²) in [5, 5.41) is 5.99. The molecule has 10 heteroatoms. The van der Waals surface area contributed by atoms with Gasteiger partial charge in [0.25, 0.3) is 11.8 Å². The number of carbonyl (C=O) groups is 3. The standard InChI is InChI=1S/C33H38FN5O4/c1-43-28-12-5-22(6-13-28)19-31(40)39-17-15-38(16-18-39)30-14-7-24(32(41)36-27-10-8-26(35)9-11-27)21-29(30)37-33(42)23-3-2-4-25(34)20-23/h2-7,12-14,20-21,26-27H,8-11,15-19,35H2,1H3,(H,36,41)(H,37,42). The normalized spacial score (nSPS) is 18.6. The molecule has 3 amide bonds. The number of hydrogen-bond acceptors (Lipinski definition) is 6. The zero-order chi connectivity index (χ0) is 30.3. The maximum absolute atomic E-state index is 13.8. The Morgan fingerprint density at radius 2 is 1.58 bits per heavy atom. The van der Waals surface area contributed by atoms with Crippen molar-refractivity contribution in [1.29, 1.82) is 0 Å². The molecular formula is C33H38FN5O4. The summed E-state index contributed by atoms with van der Waals surface area (Å²) in [7, 11) is 1.61. The van der Waals surface area contributed by atoms with Crippen molar-refractivity contribution in [2.45, 2.75) is 44.2 Å². The average Bonchev–Trinajstić information content (AvgIpc) is 3.02. The Morgan fingerprint density at radius 3 is 2.26 bits per heavy atom. The second kappa shape index (κ2) is 13.7. The molecular weight excluding hydrogens is 549 g/mol. The lowest BCUT2D eigenvalue weighted by Crippen LogP contribution is -2.49. The fourth-order valence-corrected chi connectivity index (χ4v) is 5.64. The topological polar surface area (TPSA) is 117 Å². The van der Waals surface area contributed by atoms with Crippen LogP contribution in [-0.4, -0.2) is 68.0 Å². The van der Waals surface area contributed by atoms with Crippen LogP contribution in [0.4, 0.5) is 15.8 Å². The molecule has 1 saturated carbocycles. The number of benzene rings is 3. The highest BCUT2D eigenvalue weighted by Gasteiger charge is 2.25. The lowest BCUT2D eigenvalue weighted by atomic mass is 9.91. The summed E-state index contributed by atoms with van der Waals surface area (Å²) in [6.45, 7) is 2.12. The minimum atomic E-state index is -0.511. The van der Waals surface area contributed by atoms with Crippen LogP contribution in [0.1, 0.15) is 52.0 Å². The van der Waals surface area contributed by atoms with Crippen molar-refractivity contribution >= 4 is 29.1 Å². The molecule has 4 N–H and O–H groups in total. The van der Waals surface area contributed by atoms with Gasteiger partial charge in [0.1, 0.15) is 11.6 Å². The Kier molecular flexibility index (Phi) is 9.56. The molecule has 3 aromatic rings. The van der Waals surface area contributed by atoms with E-state index >= 15 is 0 Å². The number of halogens is 1. The molecule has 2 fully saturated rings. The second-order valence-corrected chi connectivity index (χ2v) is 11.2. The zero-order valence-electron chi connectivity index (χ0n) is 24.4. The predicted molar refractivity (Wildman–Crippen MR) is 164 cm³/mol. The fourth-order valence-electron chi connectivity index (χ4n) is 5.64. The van der Waals surface area contributed by atoms with E-state index in [9.17, 15) is 18.8 Å². The van der Waals surface area contributed by atoms with Gasteiger partial charge in [-0.1, -0.05) is 18.2 Å². The number of nitrogens with zero attached hydrogens (tertiary/aromatic N) is 2. The van der Waals surface area contributed by atoms with Gasteiger partial charge in [0.2, 0.25) is 5.91 Å². The molecule has 0 radical (unpaired) electrons. The molecule has 1 saturated heterocycles. The molecule has 1 aliphatic carbocycles. The van der Waals surface area contributed by atoms with Crippen LogP contribution in [0.25, 0.3) is 0 Å². The van der Waals surface area contributed by atoms with E-state index in [-0.39, 0.29) is 29.5 Å². The zero-order valence-corrected chi connectivity index (χ0v) is 24.4. The van der Waals surface area contributed by atoms with E-state index in [1.165, 1.54) is 24.3 Å². The molecule has 1 heterocycles. The van der Waals surface area contributed by atoms with Crippen molar-refractivity contribution in [2.75, 3.05) is 43.5 Å². The van der Waals surface area contributed by atoms with Crippen LogP contribution in [0.5, 0.6) is 5.75 Å². The first-order valence-corrected chi connectivity index (χ1v) is 14.7. The van der Waals surface area contributed by atoms with Crippen LogP contribution >= 0.6 is 0 Å². The first kappa shape index (κ1) is 30.0. The minimum Gasteiger partial charge on any atom is -0.497 e. The molecule has 2 aliphatic rings. The van der Waals surface area contributed by atoms with Gasteiger partial charge < -0.3 is 30.9 Å². The van der Waals surface area contributed by atoms with Crippen LogP contribution < -0.4 is 26.0 Å². The van der Waals surface area contributed by atoms with Gasteiger partial charge in [0, 0.05) is 49.4 Å². The van der Waals surface area contributed by atoms with Crippen LogP contribution in [0, 0.1) is 5.82 Å². The van der Waals surface area contributed by atoms with Crippen molar-refractivity contribution in [1.82, 2.24) is 10.2 Å². The molecule has 226 valence electrons. The summed E-state index contributed by atoms with van der Waals surface area (Å²) in [6.07, 6.45) is 3.70. The van der Waals surface area contributed by atoms with Crippen molar-refractivity contribution in [3.8, 4) is 5.75 Å². The van der Waals surface area contributed by atoms with Gasteiger partial charge in [-0.05, 0) is 79.8 Å². The maximum Gasteiger partial charge on any atom is 0.255 e. The van der Waals surface area contributed by atoms with Crippen molar-refractivity contribution in [3.05, 3.63) is 89.2 Å². The Balaban J connectivity index is 1.29. The third-order valence-corrected chi connectivity index (χ3v) is 8.19. The molecule has 0 atom stereocenters. The van der Waals surface area contributed by atoms with Gasteiger partial charge in [-0.15, -0.1) is 0 Å². The van der Waals surface area contributed by atoms with E-state index in [1.54, 1.807) is 19.2 Å². The number of carbonyl (C=O) groups excluding carboxylic acids is 3. The van der Waals surface area contributed by atoms with Gasteiger partial charge >= 0.3 is 0 Å². The van der Waals surface area contributed by atoms with Crippen molar-refractivity contribution in [2.24, 2.45) is 5.73 Å². The van der Waals surface area contributed by atoms with Crippen molar-refractivity contribution < 1.29 is 23.5 Å². The average molecular weight is 588 g/mol. The fraction of sp³-hybridized carbons (Fsp3) is 0.364. The van der Waals surface area contributed by atoms with Gasteiger partial charge in [-0.2, -0.15) is 0 Å². The number of piperazine rings is 1. The van der Waals surface area contributed by atoms with Gasteiger partial charge in [-0.25, -0.2) is 4.39 Å². The first-order valence-electron chi connectivity index (χ1n) is 14.7. The molecule has 5 rings (SSSR count). The highest BCUT2D eigenvalue weighted by molar-refractivity contribution is 6.07. The number of nitrogens with two attached hydrogens (primary N) is 1. The van der Waals surface area contributed by atoms with E-state index in [0.717, 1.165) is 42.7 Å². The summed E-state index contributed by atoms with van der Waals surface area (Å²) in [6, 6.07) is 18.4. The molecule has 0 aromatic heterocycles.